The van der Waals surface area contributed by atoms with Crippen LogP contribution in [0.1, 0.15) is 42.2 Å². The zero-order chi connectivity index (χ0) is 29.3. The van der Waals surface area contributed by atoms with Gasteiger partial charge in [-0.15, -0.1) is 0 Å². The van der Waals surface area contributed by atoms with Crippen LogP contribution in [-0.2, 0) is 11.3 Å². The highest BCUT2D eigenvalue weighted by Crippen LogP contribution is 2.35. The molecule has 1 heterocycles. The molecule has 0 saturated carbocycles. The molecule has 0 atom stereocenters. The van der Waals surface area contributed by atoms with E-state index in [1.165, 1.54) is 48.5 Å². The fourth-order valence-corrected chi connectivity index (χ4v) is 4.32. The van der Waals surface area contributed by atoms with Gasteiger partial charge in [0.15, 0.2) is 0 Å². The van der Waals surface area contributed by atoms with E-state index in [-0.39, 0.29) is 34.7 Å². The van der Waals surface area contributed by atoms with Gasteiger partial charge in [0.25, 0.3) is 23.2 Å². The molecule has 0 radical (unpaired) electrons. The summed E-state index contributed by atoms with van der Waals surface area (Å²) in [6, 6.07) is 20.5. The van der Waals surface area contributed by atoms with Gasteiger partial charge < -0.3 is 9.47 Å². The first kappa shape index (κ1) is 26.7. The third-order valence-electron chi connectivity index (χ3n) is 6.33. The lowest BCUT2D eigenvalue weighted by molar-refractivity contribution is -0.385. The van der Waals surface area contributed by atoms with Crippen LogP contribution in [0.15, 0.2) is 84.9 Å². The van der Waals surface area contributed by atoms with Crippen LogP contribution in [0.4, 0.5) is 17.1 Å². The van der Waals surface area contributed by atoms with E-state index in [0.29, 0.717) is 22.6 Å². The Labute approximate surface area is 231 Å². The normalized spacial score (nSPS) is 12.2. The average Bonchev–Trinajstić information content (AvgIpc) is 3.22. The summed E-state index contributed by atoms with van der Waals surface area (Å²) in [5.74, 6) is -1.50. The van der Waals surface area contributed by atoms with Crippen LogP contribution in [0.5, 0.6) is 11.5 Å². The number of ether oxygens (including phenoxy) is 2. The second-order valence-electron chi connectivity index (χ2n) is 8.98. The summed E-state index contributed by atoms with van der Waals surface area (Å²) in [5.41, 5.74) is 0.331. The summed E-state index contributed by atoms with van der Waals surface area (Å²) in [7, 11) is 0. The van der Waals surface area contributed by atoms with Crippen LogP contribution in [0.3, 0.4) is 0 Å². The van der Waals surface area contributed by atoms with Crippen molar-refractivity contribution in [3.05, 3.63) is 133 Å². The second-order valence-corrected chi connectivity index (χ2v) is 8.98. The molecule has 41 heavy (non-hydrogen) atoms. The molecule has 0 saturated heterocycles. The Morgan fingerprint density at radius 2 is 1.56 bits per heavy atom. The van der Waals surface area contributed by atoms with Crippen LogP contribution in [0.25, 0.3) is 0 Å². The zero-order valence-electron chi connectivity index (χ0n) is 21.3. The molecule has 12 heteroatoms. The molecule has 1 aliphatic heterocycles. The minimum atomic E-state index is -0.851. The predicted molar refractivity (Wildman–Crippen MR) is 144 cm³/mol. The van der Waals surface area contributed by atoms with Gasteiger partial charge in [0.2, 0.25) is 0 Å². The van der Waals surface area contributed by atoms with Crippen molar-refractivity contribution in [2.75, 3.05) is 4.90 Å². The summed E-state index contributed by atoms with van der Waals surface area (Å²) < 4.78 is 11.2. The van der Waals surface area contributed by atoms with Gasteiger partial charge in [0.1, 0.15) is 23.7 Å². The van der Waals surface area contributed by atoms with Gasteiger partial charge in [-0.25, -0.2) is 9.69 Å². The molecule has 0 N–H and O–H groups in total. The number of non-ortho nitro benzene ring substituents is 1. The average molecular weight is 553 g/mol. The summed E-state index contributed by atoms with van der Waals surface area (Å²) in [4.78, 5) is 60.9. The number of hydrogen-bond donors (Lipinski definition) is 0. The standard InChI is InChI=1S/C29H19N3O9/c1-17-8-9-19(15-25(17)30-27(33)23-6-3-7-24(32(38)39)26(23)28(30)34)29(35)40-16-18-4-2-5-22(14-18)41-21-12-10-20(11-13-21)31(36)37/h2-15H,16H2,1H3. The first-order valence-corrected chi connectivity index (χ1v) is 12.1. The van der Waals surface area contributed by atoms with Crippen LogP contribution in [0.2, 0.25) is 0 Å². The van der Waals surface area contributed by atoms with Crippen molar-refractivity contribution in [2.45, 2.75) is 13.5 Å². The quantitative estimate of drug-likeness (QED) is 0.114. The predicted octanol–water partition coefficient (Wildman–Crippen LogP) is 5.76. The Balaban J connectivity index is 1.31. The third kappa shape index (κ3) is 5.21. The second kappa shape index (κ2) is 10.7. The van der Waals surface area contributed by atoms with E-state index in [4.69, 9.17) is 9.47 Å². The maximum absolute atomic E-state index is 13.1. The molecule has 2 amide bonds. The molecule has 4 aromatic rings. The molecule has 5 rings (SSSR count). The van der Waals surface area contributed by atoms with E-state index in [9.17, 15) is 34.6 Å². The molecular formula is C29H19N3O9. The number of carbonyl (C=O) groups excluding carboxylic acids is 3. The fourth-order valence-electron chi connectivity index (χ4n) is 4.32. The number of amides is 2. The summed E-state index contributed by atoms with van der Waals surface area (Å²) in [6.45, 7) is 1.51. The Morgan fingerprint density at radius 1 is 0.829 bits per heavy atom. The number of anilines is 1. The Morgan fingerprint density at radius 3 is 2.27 bits per heavy atom. The monoisotopic (exact) mass is 553 g/mol. The van der Waals surface area contributed by atoms with E-state index in [2.05, 4.69) is 0 Å². The SMILES string of the molecule is Cc1ccc(C(=O)OCc2cccc(Oc3ccc([N+](=O)[O-])cc3)c2)cc1N1C(=O)c2cccc([N+](=O)[O-])c2C1=O. The van der Waals surface area contributed by atoms with Gasteiger partial charge in [0.05, 0.1) is 26.7 Å². The Hall–Kier alpha value is -5.91. The minimum Gasteiger partial charge on any atom is -0.457 e. The first-order valence-electron chi connectivity index (χ1n) is 12.1. The molecule has 204 valence electrons. The lowest BCUT2D eigenvalue weighted by Crippen LogP contribution is -2.30. The molecular weight excluding hydrogens is 534 g/mol. The largest absolute Gasteiger partial charge is 0.457 e. The van der Waals surface area contributed by atoms with Crippen LogP contribution in [-0.4, -0.2) is 27.6 Å². The Kier molecular flexibility index (Phi) is 6.96. The molecule has 4 aromatic carbocycles. The van der Waals surface area contributed by atoms with Crippen LogP contribution in [0, 0.1) is 27.2 Å². The molecule has 0 aromatic heterocycles. The highest BCUT2D eigenvalue weighted by atomic mass is 16.6. The van der Waals surface area contributed by atoms with E-state index in [1.54, 1.807) is 37.3 Å². The summed E-state index contributed by atoms with van der Waals surface area (Å²) in [5, 5.41) is 22.3. The van der Waals surface area contributed by atoms with E-state index in [1.807, 2.05) is 0 Å². The highest BCUT2D eigenvalue weighted by molar-refractivity contribution is 6.36. The number of carbonyl (C=O) groups is 3. The highest BCUT2D eigenvalue weighted by Gasteiger charge is 2.42. The topological polar surface area (TPSA) is 159 Å². The lowest BCUT2D eigenvalue weighted by atomic mass is 10.1. The number of esters is 1. The summed E-state index contributed by atoms with van der Waals surface area (Å²) in [6.07, 6.45) is 0. The number of fused-ring (bicyclic) bond motifs is 1. The number of benzene rings is 4. The van der Waals surface area contributed by atoms with Gasteiger partial charge in [-0.1, -0.05) is 24.3 Å². The van der Waals surface area contributed by atoms with Crippen LogP contribution < -0.4 is 9.64 Å². The smallest absolute Gasteiger partial charge is 0.338 e. The number of rotatable bonds is 8. The van der Waals surface area contributed by atoms with E-state index < -0.39 is 33.3 Å². The summed E-state index contributed by atoms with van der Waals surface area (Å²) >= 11 is 0. The minimum absolute atomic E-state index is 0.0648. The van der Waals surface area contributed by atoms with E-state index in [0.717, 1.165) is 11.0 Å². The van der Waals surface area contributed by atoms with Crippen molar-refractivity contribution in [1.82, 2.24) is 0 Å². The maximum Gasteiger partial charge on any atom is 0.338 e. The van der Waals surface area contributed by atoms with Gasteiger partial charge in [-0.3, -0.25) is 29.8 Å². The van der Waals surface area contributed by atoms with Crippen LogP contribution >= 0.6 is 0 Å². The van der Waals surface area contributed by atoms with Crippen molar-refractivity contribution in [2.24, 2.45) is 0 Å². The third-order valence-corrected chi connectivity index (χ3v) is 6.33. The molecule has 0 aliphatic carbocycles. The van der Waals surface area contributed by atoms with Crippen molar-refractivity contribution < 1.29 is 33.7 Å². The fraction of sp³-hybridized carbons (Fsp3) is 0.0690. The maximum atomic E-state index is 13.1. The number of imide groups is 1. The van der Waals surface area contributed by atoms with Crippen molar-refractivity contribution >= 4 is 34.8 Å². The first-order chi connectivity index (χ1) is 19.6. The molecule has 0 unspecified atom stereocenters. The zero-order valence-corrected chi connectivity index (χ0v) is 21.3. The molecule has 0 fully saturated rings. The number of nitro benzene ring substituents is 2. The molecule has 0 bridgehead atoms. The van der Waals surface area contributed by atoms with Gasteiger partial charge in [-0.05, 0) is 60.5 Å². The van der Waals surface area contributed by atoms with Gasteiger partial charge in [0, 0.05) is 18.2 Å². The van der Waals surface area contributed by atoms with E-state index >= 15 is 0 Å². The molecule has 1 aliphatic rings. The number of hydrogen-bond acceptors (Lipinski definition) is 9. The molecule has 12 nitrogen and oxygen atoms in total. The molecule has 0 spiro atoms. The lowest BCUT2D eigenvalue weighted by Gasteiger charge is -2.17. The Bertz CT molecular complexity index is 1750. The van der Waals surface area contributed by atoms with Crippen molar-refractivity contribution in [1.29, 1.82) is 0 Å². The van der Waals surface area contributed by atoms with Crippen molar-refractivity contribution in [3.63, 3.8) is 0 Å². The van der Waals surface area contributed by atoms with Gasteiger partial charge >= 0.3 is 5.97 Å². The number of nitro groups is 2. The van der Waals surface area contributed by atoms with Crippen molar-refractivity contribution in [3.8, 4) is 11.5 Å². The number of nitrogens with zero attached hydrogens (tertiary/aromatic N) is 3. The van der Waals surface area contributed by atoms with Gasteiger partial charge in [-0.2, -0.15) is 0 Å². The number of aryl methyl sites for hydroxylation is 1.